The summed E-state index contributed by atoms with van der Waals surface area (Å²) in [7, 11) is 1.59. The zero-order chi connectivity index (χ0) is 20.6. The van der Waals surface area contributed by atoms with Gasteiger partial charge in [0.15, 0.2) is 13.2 Å². The van der Waals surface area contributed by atoms with Crippen LogP contribution in [0.4, 0.5) is 0 Å². The van der Waals surface area contributed by atoms with Gasteiger partial charge in [-0.25, -0.2) is 0 Å². The minimum Gasteiger partial charge on any atom is -0.497 e. The molecule has 0 atom stereocenters. The third-order valence-electron chi connectivity index (χ3n) is 4.58. The third kappa shape index (κ3) is 6.02. The molecule has 3 rings (SSSR count). The number of halogens is 1. The lowest BCUT2D eigenvalue weighted by molar-refractivity contribution is -0.141. The lowest BCUT2D eigenvalue weighted by Gasteiger charge is -2.34. The summed E-state index contributed by atoms with van der Waals surface area (Å²) in [5, 5.41) is 0.612. The van der Waals surface area contributed by atoms with E-state index in [9.17, 15) is 9.59 Å². The standard InChI is InChI=1S/C21H23ClN2O5/c1-27-17-6-8-19(9-7-17)29-15-21(26)24-12-10-23(11-13-24)20(25)14-28-18-4-2-16(22)3-5-18/h2-9H,10-15H2,1H3. The Labute approximate surface area is 174 Å². The van der Waals surface area contributed by atoms with Gasteiger partial charge in [0.05, 0.1) is 7.11 Å². The van der Waals surface area contributed by atoms with Crippen molar-refractivity contribution in [2.75, 3.05) is 46.5 Å². The molecular weight excluding hydrogens is 396 g/mol. The molecule has 0 bridgehead atoms. The number of benzene rings is 2. The molecule has 0 aromatic heterocycles. The van der Waals surface area contributed by atoms with E-state index in [0.29, 0.717) is 42.7 Å². The molecule has 7 nitrogen and oxygen atoms in total. The van der Waals surface area contributed by atoms with Crippen LogP contribution < -0.4 is 14.2 Å². The number of ether oxygens (including phenoxy) is 3. The Hall–Kier alpha value is -2.93. The molecule has 1 fully saturated rings. The Kier molecular flexibility index (Phi) is 7.19. The van der Waals surface area contributed by atoms with Crippen LogP contribution in [0.3, 0.4) is 0 Å². The molecule has 2 amide bonds. The average molecular weight is 419 g/mol. The van der Waals surface area contributed by atoms with Gasteiger partial charge >= 0.3 is 0 Å². The van der Waals surface area contributed by atoms with E-state index in [1.165, 1.54) is 0 Å². The van der Waals surface area contributed by atoms with Crippen molar-refractivity contribution in [2.45, 2.75) is 0 Å². The van der Waals surface area contributed by atoms with Crippen molar-refractivity contribution in [1.82, 2.24) is 9.80 Å². The highest BCUT2D eigenvalue weighted by Gasteiger charge is 2.24. The van der Waals surface area contributed by atoms with Crippen molar-refractivity contribution in [3.63, 3.8) is 0 Å². The molecule has 8 heteroatoms. The van der Waals surface area contributed by atoms with Gasteiger partial charge in [0, 0.05) is 31.2 Å². The number of carbonyl (C=O) groups is 2. The predicted molar refractivity (Wildman–Crippen MR) is 109 cm³/mol. The zero-order valence-corrected chi connectivity index (χ0v) is 16.9. The zero-order valence-electron chi connectivity index (χ0n) is 16.2. The molecule has 29 heavy (non-hydrogen) atoms. The number of rotatable bonds is 7. The predicted octanol–water partition coefficient (Wildman–Crippen LogP) is 2.48. The molecule has 0 unspecified atom stereocenters. The Balaban J connectivity index is 1.38. The molecule has 0 spiro atoms. The van der Waals surface area contributed by atoms with Crippen LogP contribution in [0, 0.1) is 0 Å². The van der Waals surface area contributed by atoms with E-state index in [2.05, 4.69) is 0 Å². The molecule has 0 aliphatic carbocycles. The number of carbonyl (C=O) groups excluding carboxylic acids is 2. The summed E-state index contributed by atoms with van der Waals surface area (Å²) in [5.74, 6) is 1.70. The molecule has 154 valence electrons. The van der Waals surface area contributed by atoms with Gasteiger partial charge in [-0.3, -0.25) is 9.59 Å². The first kappa shape index (κ1) is 20.8. The van der Waals surface area contributed by atoms with Crippen LogP contribution >= 0.6 is 11.6 Å². The largest absolute Gasteiger partial charge is 0.497 e. The van der Waals surface area contributed by atoms with Gasteiger partial charge in [0.1, 0.15) is 17.2 Å². The summed E-state index contributed by atoms with van der Waals surface area (Å²) >= 11 is 5.83. The van der Waals surface area contributed by atoms with E-state index < -0.39 is 0 Å². The number of nitrogens with zero attached hydrogens (tertiary/aromatic N) is 2. The highest BCUT2D eigenvalue weighted by atomic mass is 35.5. The number of methoxy groups -OCH3 is 1. The fourth-order valence-electron chi connectivity index (χ4n) is 2.88. The Morgan fingerprint density at radius 2 is 1.14 bits per heavy atom. The molecule has 2 aromatic carbocycles. The van der Waals surface area contributed by atoms with Gasteiger partial charge in [-0.15, -0.1) is 0 Å². The van der Waals surface area contributed by atoms with E-state index in [1.54, 1.807) is 65.4 Å². The van der Waals surface area contributed by atoms with Gasteiger partial charge in [0.2, 0.25) is 0 Å². The molecule has 2 aromatic rings. The molecule has 1 aliphatic rings. The summed E-state index contributed by atoms with van der Waals surface area (Å²) in [4.78, 5) is 28.1. The molecular formula is C21H23ClN2O5. The van der Waals surface area contributed by atoms with Crippen LogP contribution in [0.15, 0.2) is 48.5 Å². The summed E-state index contributed by atoms with van der Waals surface area (Å²) in [5.41, 5.74) is 0. The number of hydrogen-bond donors (Lipinski definition) is 0. The van der Waals surface area contributed by atoms with Gasteiger partial charge in [-0.05, 0) is 48.5 Å². The first-order chi connectivity index (χ1) is 14.0. The minimum atomic E-state index is -0.110. The van der Waals surface area contributed by atoms with Crippen LogP contribution in [0.25, 0.3) is 0 Å². The maximum Gasteiger partial charge on any atom is 0.260 e. The normalized spacial score (nSPS) is 13.7. The second kappa shape index (κ2) is 10.0. The smallest absolute Gasteiger partial charge is 0.260 e. The van der Waals surface area contributed by atoms with Crippen LogP contribution in [0.2, 0.25) is 5.02 Å². The van der Waals surface area contributed by atoms with Crippen LogP contribution in [0.1, 0.15) is 0 Å². The molecule has 0 saturated carbocycles. The van der Waals surface area contributed by atoms with Crippen molar-refractivity contribution in [2.24, 2.45) is 0 Å². The molecule has 0 N–H and O–H groups in total. The van der Waals surface area contributed by atoms with Crippen LogP contribution in [0.5, 0.6) is 17.2 Å². The fraction of sp³-hybridized carbons (Fsp3) is 0.333. The molecule has 1 aliphatic heterocycles. The van der Waals surface area contributed by atoms with Crippen molar-refractivity contribution < 1.29 is 23.8 Å². The van der Waals surface area contributed by atoms with E-state index in [-0.39, 0.29) is 25.0 Å². The minimum absolute atomic E-state index is 0.0417. The SMILES string of the molecule is COc1ccc(OCC(=O)N2CCN(C(=O)COc3ccc(Cl)cc3)CC2)cc1. The van der Waals surface area contributed by atoms with Crippen molar-refractivity contribution >= 4 is 23.4 Å². The second-order valence-electron chi connectivity index (χ2n) is 6.47. The fourth-order valence-corrected chi connectivity index (χ4v) is 3.01. The second-order valence-corrected chi connectivity index (χ2v) is 6.90. The lowest BCUT2D eigenvalue weighted by Crippen LogP contribution is -2.52. The van der Waals surface area contributed by atoms with E-state index in [4.69, 9.17) is 25.8 Å². The summed E-state index contributed by atoms with van der Waals surface area (Å²) in [6.07, 6.45) is 0. The van der Waals surface area contributed by atoms with Crippen LogP contribution in [-0.2, 0) is 9.59 Å². The number of hydrogen-bond acceptors (Lipinski definition) is 5. The van der Waals surface area contributed by atoms with Crippen molar-refractivity contribution in [3.8, 4) is 17.2 Å². The first-order valence-electron chi connectivity index (χ1n) is 9.26. The average Bonchev–Trinajstić information content (AvgIpc) is 2.77. The third-order valence-corrected chi connectivity index (χ3v) is 4.83. The van der Waals surface area contributed by atoms with Crippen molar-refractivity contribution in [3.05, 3.63) is 53.6 Å². The summed E-state index contributed by atoms with van der Waals surface area (Å²) in [6.45, 7) is 1.79. The Bertz CT molecular complexity index is 818. The quantitative estimate of drug-likeness (QED) is 0.691. The Morgan fingerprint density at radius 1 is 0.759 bits per heavy atom. The Morgan fingerprint density at radius 3 is 1.55 bits per heavy atom. The summed E-state index contributed by atoms with van der Waals surface area (Å²) < 4.78 is 16.1. The highest BCUT2D eigenvalue weighted by Crippen LogP contribution is 2.17. The number of piperazine rings is 1. The van der Waals surface area contributed by atoms with Crippen molar-refractivity contribution in [1.29, 1.82) is 0 Å². The number of amides is 2. The molecule has 0 radical (unpaired) electrons. The van der Waals surface area contributed by atoms with E-state index in [0.717, 1.165) is 5.75 Å². The first-order valence-corrected chi connectivity index (χ1v) is 9.64. The highest BCUT2D eigenvalue weighted by molar-refractivity contribution is 6.30. The maximum absolute atomic E-state index is 12.3. The van der Waals surface area contributed by atoms with Gasteiger partial charge in [0.25, 0.3) is 11.8 Å². The summed E-state index contributed by atoms with van der Waals surface area (Å²) in [6, 6.07) is 13.9. The molecule has 1 saturated heterocycles. The topological polar surface area (TPSA) is 68.3 Å². The van der Waals surface area contributed by atoms with Gasteiger partial charge in [-0.1, -0.05) is 11.6 Å². The monoisotopic (exact) mass is 418 g/mol. The van der Waals surface area contributed by atoms with Gasteiger partial charge in [-0.2, -0.15) is 0 Å². The molecule has 1 heterocycles. The van der Waals surface area contributed by atoms with E-state index in [1.807, 2.05) is 0 Å². The maximum atomic E-state index is 12.3. The van der Waals surface area contributed by atoms with E-state index >= 15 is 0 Å². The van der Waals surface area contributed by atoms with Gasteiger partial charge < -0.3 is 24.0 Å². The lowest BCUT2D eigenvalue weighted by atomic mass is 10.3. The van der Waals surface area contributed by atoms with Crippen LogP contribution in [-0.4, -0.2) is 68.1 Å².